The van der Waals surface area contributed by atoms with Crippen molar-refractivity contribution in [2.75, 3.05) is 13.1 Å². The van der Waals surface area contributed by atoms with E-state index in [4.69, 9.17) is 28.9 Å². The minimum atomic E-state index is -0.458. The van der Waals surface area contributed by atoms with Crippen LogP contribution in [0.5, 0.6) is 0 Å². The zero-order valence-corrected chi connectivity index (χ0v) is 21.3. The van der Waals surface area contributed by atoms with Gasteiger partial charge in [0, 0.05) is 29.2 Å². The van der Waals surface area contributed by atoms with Gasteiger partial charge in [-0.25, -0.2) is 0 Å². The van der Waals surface area contributed by atoms with Crippen LogP contribution >= 0.6 is 23.2 Å². The molecular formula is C25H36Cl2N4O2. The number of carbonyl (C=O) groups excluding carboxylic acids is 2. The molecular weight excluding hydrogens is 459 g/mol. The Labute approximate surface area is 206 Å². The van der Waals surface area contributed by atoms with Crippen LogP contribution in [0.25, 0.3) is 0 Å². The van der Waals surface area contributed by atoms with Crippen molar-refractivity contribution in [2.24, 2.45) is 17.1 Å². The highest BCUT2D eigenvalue weighted by atomic mass is 35.5. The highest BCUT2D eigenvalue weighted by Gasteiger charge is 2.42. The molecule has 0 radical (unpaired) electrons. The average molecular weight is 495 g/mol. The second-order valence-corrected chi connectivity index (χ2v) is 11.8. The van der Waals surface area contributed by atoms with E-state index >= 15 is 0 Å². The first kappa shape index (κ1) is 24.8. The Balaban J connectivity index is 1.44. The maximum atomic E-state index is 13.6. The molecule has 0 bridgehead atoms. The molecule has 1 saturated heterocycles. The lowest BCUT2D eigenvalue weighted by molar-refractivity contribution is -0.142. The first-order chi connectivity index (χ1) is 15.6. The van der Waals surface area contributed by atoms with Crippen LogP contribution in [0, 0.1) is 11.3 Å². The molecule has 33 heavy (non-hydrogen) atoms. The molecule has 4 rings (SSSR count). The summed E-state index contributed by atoms with van der Waals surface area (Å²) in [6.07, 6.45) is 5.43. The molecule has 1 aliphatic heterocycles. The van der Waals surface area contributed by atoms with E-state index < -0.39 is 6.04 Å². The Morgan fingerprint density at radius 2 is 1.91 bits per heavy atom. The fourth-order valence-electron chi connectivity index (χ4n) is 5.24. The number of rotatable bonds is 7. The second kappa shape index (κ2) is 9.73. The molecule has 1 aromatic rings. The molecule has 182 valence electrons. The van der Waals surface area contributed by atoms with Gasteiger partial charge in [0.15, 0.2) is 0 Å². The molecule has 2 unspecified atom stereocenters. The van der Waals surface area contributed by atoms with Crippen LogP contribution < -0.4 is 16.4 Å². The van der Waals surface area contributed by atoms with Gasteiger partial charge < -0.3 is 21.3 Å². The smallest absolute Gasteiger partial charge is 0.243 e. The number of nitrogens with two attached hydrogens (primary N) is 1. The van der Waals surface area contributed by atoms with E-state index in [1.807, 2.05) is 6.07 Å². The maximum Gasteiger partial charge on any atom is 0.243 e. The second-order valence-electron chi connectivity index (χ2n) is 11.0. The number of halogens is 2. The van der Waals surface area contributed by atoms with Crippen LogP contribution in [-0.2, 0) is 16.0 Å². The standard InChI is InChI=1S/C25H36Cl2N4O2/c1-25(2,3)22(29-13-19(28)14-6-7-14)24(33)31-10-4-5-21(31)23(32)30-20-9-8-16-17(20)11-15(26)12-18(16)27/h11-12,14,19-22,29H,4-10,13,28H2,1-3H3,(H,30,32)/t19?,20?,21-,22+/m0/s1. The van der Waals surface area contributed by atoms with Crippen molar-refractivity contribution in [3.63, 3.8) is 0 Å². The Bertz CT molecular complexity index is 912. The third-order valence-electron chi connectivity index (χ3n) is 7.31. The molecule has 6 nitrogen and oxygen atoms in total. The van der Waals surface area contributed by atoms with Gasteiger partial charge in [-0.3, -0.25) is 9.59 Å². The van der Waals surface area contributed by atoms with E-state index in [2.05, 4.69) is 31.4 Å². The number of nitrogens with zero attached hydrogens (tertiary/aromatic N) is 1. The first-order valence-corrected chi connectivity index (χ1v) is 12.9. The number of likely N-dealkylation sites (tertiary alicyclic amines) is 1. The van der Waals surface area contributed by atoms with Crippen molar-refractivity contribution in [1.29, 1.82) is 0 Å². The van der Waals surface area contributed by atoms with Gasteiger partial charge in [-0.15, -0.1) is 0 Å². The van der Waals surface area contributed by atoms with Gasteiger partial charge in [-0.2, -0.15) is 0 Å². The highest BCUT2D eigenvalue weighted by molar-refractivity contribution is 6.35. The molecule has 3 aliphatic rings. The van der Waals surface area contributed by atoms with Gasteiger partial charge in [-0.1, -0.05) is 44.0 Å². The molecule has 1 heterocycles. The summed E-state index contributed by atoms with van der Waals surface area (Å²) >= 11 is 12.6. The quantitative estimate of drug-likeness (QED) is 0.537. The maximum absolute atomic E-state index is 13.6. The van der Waals surface area contributed by atoms with E-state index in [1.54, 1.807) is 11.0 Å². The summed E-state index contributed by atoms with van der Waals surface area (Å²) < 4.78 is 0. The average Bonchev–Trinajstić information content (AvgIpc) is 3.33. The van der Waals surface area contributed by atoms with Gasteiger partial charge in [-0.05, 0) is 73.1 Å². The molecule has 2 amide bonds. The number of hydrogen-bond acceptors (Lipinski definition) is 4. The summed E-state index contributed by atoms with van der Waals surface area (Å²) in [5.41, 5.74) is 8.03. The van der Waals surface area contributed by atoms with Crippen molar-refractivity contribution >= 4 is 35.0 Å². The van der Waals surface area contributed by atoms with E-state index in [0.29, 0.717) is 35.5 Å². The molecule has 1 saturated carbocycles. The first-order valence-electron chi connectivity index (χ1n) is 12.1. The Kier molecular flexibility index (Phi) is 7.30. The molecule has 2 aliphatic carbocycles. The van der Waals surface area contributed by atoms with E-state index in [-0.39, 0.29) is 35.4 Å². The third kappa shape index (κ3) is 5.50. The summed E-state index contributed by atoms with van der Waals surface area (Å²) in [6.45, 7) is 7.38. The molecule has 8 heteroatoms. The summed E-state index contributed by atoms with van der Waals surface area (Å²) in [4.78, 5) is 28.7. The van der Waals surface area contributed by atoms with Gasteiger partial charge >= 0.3 is 0 Å². The lowest BCUT2D eigenvalue weighted by Crippen LogP contribution is -2.58. The van der Waals surface area contributed by atoms with Crippen molar-refractivity contribution in [3.05, 3.63) is 33.3 Å². The lowest BCUT2D eigenvalue weighted by Gasteiger charge is -2.36. The fourth-order valence-corrected chi connectivity index (χ4v) is 5.84. The van der Waals surface area contributed by atoms with Crippen molar-refractivity contribution < 1.29 is 9.59 Å². The number of fused-ring (bicyclic) bond motifs is 1. The van der Waals surface area contributed by atoms with Crippen LogP contribution in [0.2, 0.25) is 10.0 Å². The summed E-state index contributed by atoms with van der Waals surface area (Å²) in [5.74, 6) is 0.452. The number of benzene rings is 1. The zero-order chi connectivity index (χ0) is 23.9. The Hall–Kier alpha value is -1.34. The predicted molar refractivity (Wildman–Crippen MR) is 132 cm³/mol. The molecule has 4 N–H and O–H groups in total. The number of nitrogens with one attached hydrogen (secondary N) is 2. The van der Waals surface area contributed by atoms with Crippen molar-refractivity contribution in [3.8, 4) is 0 Å². The monoisotopic (exact) mass is 494 g/mol. The largest absolute Gasteiger partial charge is 0.347 e. The zero-order valence-electron chi connectivity index (χ0n) is 19.8. The summed E-state index contributed by atoms with van der Waals surface area (Å²) in [6, 6.07) is 2.73. The van der Waals surface area contributed by atoms with Crippen LogP contribution in [-0.4, -0.2) is 47.9 Å². The lowest BCUT2D eigenvalue weighted by atomic mass is 9.85. The number of carbonyl (C=O) groups is 2. The Morgan fingerprint density at radius 1 is 1.18 bits per heavy atom. The summed E-state index contributed by atoms with van der Waals surface area (Å²) in [7, 11) is 0. The molecule has 0 spiro atoms. The minimum Gasteiger partial charge on any atom is -0.347 e. The predicted octanol–water partition coefficient (Wildman–Crippen LogP) is 3.83. The van der Waals surface area contributed by atoms with Gasteiger partial charge in [0.1, 0.15) is 6.04 Å². The van der Waals surface area contributed by atoms with Crippen LogP contribution in [0.4, 0.5) is 0 Å². The molecule has 2 fully saturated rings. The van der Waals surface area contributed by atoms with E-state index in [1.165, 1.54) is 12.8 Å². The number of hydrogen-bond donors (Lipinski definition) is 3. The highest BCUT2D eigenvalue weighted by Crippen LogP contribution is 2.38. The van der Waals surface area contributed by atoms with E-state index in [0.717, 1.165) is 30.4 Å². The fraction of sp³-hybridized carbons (Fsp3) is 0.680. The van der Waals surface area contributed by atoms with Gasteiger partial charge in [0.2, 0.25) is 11.8 Å². The molecule has 1 aromatic carbocycles. The van der Waals surface area contributed by atoms with Crippen LogP contribution in [0.3, 0.4) is 0 Å². The van der Waals surface area contributed by atoms with Crippen molar-refractivity contribution in [1.82, 2.24) is 15.5 Å². The third-order valence-corrected chi connectivity index (χ3v) is 7.86. The van der Waals surface area contributed by atoms with Gasteiger partial charge in [0.25, 0.3) is 0 Å². The van der Waals surface area contributed by atoms with E-state index in [9.17, 15) is 9.59 Å². The van der Waals surface area contributed by atoms with Crippen molar-refractivity contribution in [2.45, 2.75) is 83.5 Å². The normalized spacial score (nSPS) is 24.5. The van der Waals surface area contributed by atoms with Crippen LogP contribution in [0.15, 0.2) is 12.1 Å². The molecule has 0 aromatic heterocycles. The minimum absolute atomic E-state index is 0.0129. The van der Waals surface area contributed by atoms with Gasteiger partial charge in [0.05, 0.1) is 12.1 Å². The SMILES string of the molecule is CC(C)(C)[C@H](NCC(N)C1CC1)C(=O)N1CCC[C@H]1C(=O)NC1CCc2c(Cl)cc(Cl)cc21. The molecule has 4 atom stereocenters. The number of amides is 2. The topological polar surface area (TPSA) is 87.5 Å². The Morgan fingerprint density at radius 3 is 2.58 bits per heavy atom. The summed E-state index contributed by atoms with van der Waals surface area (Å²) in [5, 5.41) is 7.83. The van der Waals surface area contributed by atoms with Crippen LogP contribution in [0.1, 0.15) is 70.0 Å².